The standard InChI is InChI=1S/C14H19FN2/c15-13-10-12(16)6-7-14(13)17-9-8-11-4-2-1-3-5-11/h4,6-7,10,17H,1-3,5,8-9,16H2. The molecule has 0 radical (unpaired) electrons. The molecule has 0 bridgehead atoms. The number of allylic oxidation sites excluding steroid dienone is 1. The zero-order chi connectivity index (χ0) is 12.1. The van der Waals surface area contributed by atoms with Gasteiger partial charge in [-0.25, -0.2) is 4.39 Å². The topological polar surface area (TPSA) is 38.0 Å². The molecule has 92 valence electrons. The Balaban J connectivity index is 1.83. The van der Waals surface area contributed by atoms with Gasteiger partial charge >= 0.3 is 0 Å². The molecule has 0 heterocycles. The van der Waals surface area contributed by atoms with Crippen molar-refractivity contribution in [3.05, 3.63) is 35.7 Å². The Morgan fingerprint density at radius 1 is 1.29 bits per heavy atom. The van der Waals surface area contributed by atoms with Crippen molar-refractivity contribution in [3.63, 3.8) is 0 Å². The van der Waals surface area contributed by atoms with Crippen molar-refractivity contribution < 1.29 is 4.39 Å². The summed E-state index contributed by atoms with van der Waals surface area (Å²) in [6.45, 7) is 0.784. The van der Waals surface area contributed by atoms with E-state index in [1.807, 2.05) is 0 Å². The number of nitrogens with two attached hydrogens (primary N) is 1. The van der Waals surface area contributed by atoms with E-state index in [1.165, 1.54) is 37.3 Å². The first kappa shape index (κ1) is 12.0. The number of halogens is 1. The van der Waals surface area contributed by atoms with Gasteiger partial charge in [0.05, 0.1) is 5.69 Å². The van der Waals surface area contributed by atoms with Crippen LogP contribution in [0.15, 0.2) is 29.8 Å². The molecule has 0 atom stereocenters. The number of nitrogens with one attached hydrogen (secondary N) is 1. The van der Waals surface area contributed by atoms with Crippen LogP contribution in [-0.2, 0) is 0 Å². The SMILES string of the molecule is Nc1ccc(NCCC2=CCCCC2)c(F)c1. The van der Waals surface area contributed by atoms with Crippen LogP contribution in [-0.4, -0.2) is 6.54 Å². The minimum Gasteiger partial charge on any atom is -0.399 e. The predicted molar refractivity (Wildman–Crippen MR) is 70.5 cm³/mol. The third-order valence-electron chi connectivity index (χ3n) is 3.14. The lowest BCUT2D eigenvalue weighted by atomic mass is 9.97. The Bertz CT molecular complexity index is 413. The van der Waals surface area contributed by atoms with Gasteiger partial charge in [-0.15, -0.1) is 0 Å². The Morgan fingerprint density at radius 3 is 2.88 bits per heavy atom. The summed E-state index contributed by atoms with van der Waals surface area (Å²) in [6.07, 6.45) is 8.33. The van der Waals surface area contributed by atoms with Crippen LogP contribution in [0.2, 0.25) is 0 Å². The Morgan fingerprint density at radius 2 is 2.18 bits per heavy atom. The number of hydrogen-bond acceptors (Lipinski definition) is 2. The maximum atomic E-state index is 13.5. The van der Waals surface area contributed by atoms with E-state index >= 15 is 0 Å². The zero-order valence-corrected chi connectivity index (χ0v) is 10.0. The lowest BCUT2D eigenvalue weighted by Crippen LogP contribution is -2.06. The number of hydrogen-bond donors (Lipinski definition) is 2. The summed E-state index contributed by atoms with van der Waals surface area (Å²) in [5, 5.41) is 3.12. The summed E-state index contributed by atoms with van der Waals surface area (Å²) in [7, 11) is 0. The third-order valence-corrected chi connectivity index (χ3v) is 3.14. The number of rotatable bonds is 4. The van der Waals surface area contributed by atoms with Crippen molar-refractivity contribution in [2.75, 3.05) is 17.6 Å². The largest absolute Gasteiger partial charge is 0.399 e. The van der Waals surface area contributed by atoms with Crippen molar-refractivity contribution in [2.45, 2.75) is 32.1 Å². The van der Waals surface area contributed by atoms with Gasteiger partial charge in [0.2, 0.25) is 0 Å². The molecule has 1 aliphatic rings. The molecule has 0 aliphatic heterocycles. The van der Waals surface area contributed by atoms with Gasteiger partial charge in [0, 0.05) is 12.2 Å². The summed E-state index contributed by atoms with van der Waals surface area (Å²) >= 11 is 0. The number of benzene rings is 1. The zero-order valence-electron chi connectivity index (χ0n) is 10.0. The summed E-state index contributed by atoms with van der Waals surface area (Å²) in [4.78, 5) is 0. The highest BCUT2D eigenvalue weighted by Crippen LogP contribution is 2.21. The van der Waals surface area contributed by atoms with Gasteiger partial charge in [0.15, 0.2) is 0 Å². The third kappa shape index (κ3) is 3.48. The van der Waals surface area contributed by atoms with Crippen LogP contribution >= 0.6 is 0 Å². The normalized spacial score (nSPS) is 15.5. The number of anilines is 2. The maximum absolute atomic E-state index is 13.5. The summed E-state index contributed by atoms with van der Waals surface area (Å²) in [5.74, 6) is -0.275. The van der Waals surface area contributed by atoms with Crippen LogP contribution in [0.4, 0.5) is 15.8 Å². The predicted octanol–water partition coefficient (Wildman–Crippen LogP) is 3.71. The fourth-order valence-electron chi connectivity index (χ4n) is 2.16. The second-order valence-corrected chi connectivity index (χ2v) is 4.52. The van der Waals surface area contributed by atoms with E-state index in [2.05, 4.69) is 11.4 Å². The minimum atomic E-state index is -0.275. The maximum Gasteiger partial charge on any atom is 0.148 e. The van der Waals surface area contributed by atoms with Gasteiger partial charge in [-0.05, 0) is 50.3 Å². The Kier molecular flexibility index (Phi) is 4.02. The number of nitrogen functional groups attached to an aromatic ring is 1. The van der Waals surface area contributed by atoms with Gasteiger partial charge in [0.25, 0.3) is 0 Å². The van der Waals surface area contributed by atoms with Crippen LogP contribution in [0.1, 0.15) is 32.1 Å². The van der Waals surface area contributed by atoms with Gasteiger partial charge in [-0.1, -0.05) is 11.6 Å². The first-order valence-electron chi connectivity index (χ1n) is 6.22. The highest BCUT2D eigenvalue weighted by Gasteiger charge is 2.05. The lowest BCUT2D eigenvalue weighted by Gasteiger charge is -2.13. The Hall–Kier alpha value is -1.51. The van der Waals surface area contributed by atoms with Crippen molar-refractivity contribution in [1.29, 1.82) is 0 Å². The van der Waals surface area contributed by atoms with Crippen LogP contribution in [0.3, 0.4) is 0 Å². The van der Waals surface area contributed by atoms with E-state index < -0.39 is 0 Å². The molecule has 0 fully saturated rings. The second-order valence-electron chi connectivity index (χ2n) is 4.52. The monoisotopic (exact) mass is 234 g/mol. The van der Waals surface area contributed by atoms with E-state index in [4.69, 9.17) is 5.73 Å². The molecular weight excluding hydrogens is 215 g/mol. The minimum absolute atomic E-state index is 0.275. The van der Waals surface area contributed by atoms with E-state index in [1.54, 1.807) is 12.1 Å². The van der Waals surface area contributed by atoms with Gasteiger partial charge in [0.1, 0.15) is 5.82 Å². The molecular formula is C14H19FN2. The molecule has 17 heavy (non-hydrogen) atoms. The summed E-state index contributed by atoms with van der Waals surface area (Å²) in [6, 6.07) is 4.76. The van der Waals surface area contributed by atoms with Gasteiger partial charge in [-0.2, -0.15) is 0 Å². The van der Waals surface area contributed by atoms with Crippen LogP contribution in [0, 0.1) is 5.82 Å². The van der Waals surface area contributed by atoms with Crippen molar-refractivity contribution in [1.82, 2.24) is 0 Å². The van der Waals surface area contributed by atoms with E-state index in [0.29, 0.717) is 11.4 Å². The first-order chi connectivity index (χ1) is 8.25. The van der Waals surface area contributed by atoms with E-state index in [0.717, 1.165) is 13.0 Å². The molecule has 0 saturated heterocycles. The molecule has 0 spiro atoms. The fourth-order valence-corrected chi connectivity index (χ4v) is 2.16. The van der Waals surface area contributed by atoms with Crippen LogP contribution < -0.4 is 11.1 Å². The molecule has 2 rings (SSSR count). The van der Waals surface area contributed by atoms with Gasteiger partial charge < -0.3 is 11.1 Å². The molecule has 2 nitrogen and oxygen atoms in total. The molecule has 1 aromatic rings. The first-order valence-corrected chi connectivity index (χ1v) is 6.22. The lowest BCUT2D eigenvalue weighted by molar-refractivity contribution is 0.630. The molecule has 0 unspecified atom stereocenters. The second kappa shape index (κ2) is 5.71. The quantitative estimate of drug-likeness (QED) is 0.615. The highest BCUT2D eigenvalue weighted by atomic mass is 19.1. The molecule has 1 aliphatic carbocycles. The van der Waals surface area contributed by atoms with Gasteiger partial charge in [-0.3, -0.25) is 0 Å². The molecule has 0 saturated carbocycles. The Labute approximate surface area is 102 Å². The van der Waals surface area contributed by atoms with Crippen LogP contribution in [0.25, 0.3) is 0 Å². The smallest absolute Gasteiger partial charge is 0.148 e. The van der Waals surface area contributed by atoms with Crippen LogP contribution in [0.5, 0.6) is 0 Å². The van der Waals surface area contributed by atoms with E-state index in [-0.39, 0.29) is 5.82 Å². The summed E-state index contributed by atoms with van der Waals surface area (Å²) in [5.41, 5.74) is 7.99. The average Bonchev–Trinajstić information content (AvgIpc) is 2.33. The molecule has 0 amide bonds. The molecule has 3 N–H and O–H groups in total. The fraction of sp³-hybridized carbons (Fsp3) is 0.429. The molecule has 0 aromatic heterocycles. The van der Waals surface area contributed by atoms with E-state index in [9.17, 15) is 4.39 Å². The van der Waals surface area contributed by atoms with Crippen molar-refractivity contribution in [2.24, 2.45) is 0 Å². The average molecular weight is 234 g/mol. The highest BCUT2D eigenvalue weighted by molar-refractivity contribution is 5.52. The van der Waals surface area contributed by atoms with Crippen molar-refractivity contribution >= 4 is 11.4 Å². The summed E-state index contributed by atoms with van der Waals surface area (Å²) < 4.78 is 13.5. The molecule has 3 heteroatoms. The molecule has 1 aromatic carbocycles. The van der Waals surface area contributed by atoms with Crippen molar-refractivity contribution in [3.8, 4) is 0 Å².